The largest absolute Gasteiger partial charge is 0.444 e. The molecule has 0 aromatic carbocycles. The molecule has 2 heterocycles. The minimum atomic E-state index is -0.509. The van der Waals surface area contributed by atoms with Gasteiger partial charge in [0.05, 0.1) is 6.04 Å². The zero-order valence-corrected chi connectivity index (χ0v) is 12.8. The van der Waals surface area contributed by atoms with Crippen molar-refractivity contribution in [2.75, 3.05) is 19.6 Å². The van der Waals surface area contributed by atoms with Gasteiger partial charge in [-0.2, -0.15) is 0 Å². The van der Waals surface area contributed by atoms with Crippen LogP contribution >= 0.6 is 11.6 Å². The van der Waals surface area contributed by atoms with Crippen molar-refractivity contribution in [2.24, 2.45) is 0 Å². The molecule has 1 atom stereocenters. The van der Waals surface area contributed by atoms with Crippen LogP contribution in [0.4, 0.5) is 4.79 Å². The molecule has 0 aliphatic carbocycles. The van der Waals surface area contributed by atoms with E-state index < -0.39 is 5.60 Å². The molecule has 1 unspecified atom stereocenters. The van der Waals surface area contributed by atoms with E-state index in [1.54, 1.807) is 23.4 Å². The number of carbonyl (C=O) groups is 1. The first-order valence-electron chi connectivity index (χ1n) is 6.68. The first-order valence-corrected chi connectivity index (χ1v) is 7.06. The standard InChI is InChI=1S/C14H20ClN3O2/c1-14(2,3)20-13(19)18-7-6-17-9-12(18)10-8-16-5-4-11(10)15/h4-5,8,12,17H,6-7,9H2,1-3H3. The van der Waals surface area contributed by atoms with E-state index in [2.05, 4.69) is 10.3 Å². The quantitative estimate of drug-likeness (QED) is 0.866. The van der Waals surface area contributed by atoms with E-state index in [-0.39, 0.29) is 12.1 Å². The molecule has 1 N–H and O–H groups in total. The van der Waals surface area contributed by atoms with Gasteiger partial charge >= 0.3 is 6.09 Å². The van der Waals surface area contributed by atoms with Gasteiger partial charge in [0.25, 0.3) is 0 Å². The van der Waals surface area contributed by atoms with E-state index >= 15 is 0 Å². The summed E-state index contributed by atoms with van der Waals surface area (Å²) >= 11 is 6.21. The van der Waals surface area contributed by atoms with Crippen LogP contribution in [-0.2, 0) is 4.74 Å². The summed E-state index contributed by atoms with van der Waals surface area (Å²) in [4.78, 5) is 18.1. The minimum absolute atomic E-state index is 0.153. The third-order valence-corrected chi connectivity index (χ3v) is 3.37. The average molecular weight is 298 g/mol. The van der Waals surface area contributed by atoms with Crippen LogP contribution in [0.1, 0.15) is 32.4 Å². The van der Waals surface area contributed by atoms with Crippen molar-refractivity contribution < 1.29 is 9.53 Å². The molecule has 1 aromatic rings. The molecule has 0 bridgehead atoms. The molecular formula is C14H20ClN3O2. The molecule has 1 aliphatic rings. The van der Waals surface area contributed by atoms with Crippen molar-refractivity contribution in [3.8, 4) is 0 Å². The first-order chi connectivity index (χ1) is 9.38. The summed E-state index contributed by atoms with van der Waals surface area (Å²) in [5, 5.41) is 3.89. The number of hydrogen-bond acceptors (Lipinski definition) is 4. The van der Waals surface area contributed by atoms with Crippen LogP contribution < -0.4 is 5.32 Å². The maximum absolute atomic E-state index is 12.3. The summed E-state index contributed by atoms with van der Waals surface area (Å²) in [6, 6.07) is 1.58. The second kappa shape index (κ2) is 5.97. The smallest absolute Gasteiger partial charge is 0.410 e. The third-order valence-electron chi connectivity index (χ3n) is 3.03. The second-order valence-electron chi connectivity index (χ2n) is 5.79. The van der Waals surface area contributed by atoms with Crippen LogP contribution in [0.15, 0.2) is 18.5 Å². The summed E-state index contributed by atoms with van der Waals surface area (Å²) in [5.41, 5.74) is 0.331. The van der Waals surface area contributed by atoms with Crippen LogP contribution in [-0.4, -0.2) is 41.2 Å². The van der Waals surface area contributed by atoms with E-state index in [4.69, 9.17) is 16.3 Å². The minimum Gasteiger partial charge on any atom is -0.444 e. The number of ether oxygens (including phenoxy) is 1. The number of nitrogens with one attached hydrogen (secondary N) is 1. The van der Waals surface area contributed by atoms with E-state index in [0.717, 1.165) is 12.1 Å². The number of carbonyl (C=O) groups excluding carboxylic acids is 1. The van der Waals surface area contributed by atoms with Gasteiger partial charge in [-0.1, -0.05) is 11.6 Å². The first kappa shape index (κ1) is 15.1. The molecule has 2 rings (SSSR count). The van der Waals surface area contributed by atoms with Gasteiger partial charge in [0.2, 0.25) is 0 Å². The Balaban J connectivity index is 2.22. The molecule has 1 amide bonds. The summed E-state index contributed by atoms with van der Waals surface area (Å²) < 4.78 is 5.46. The maximum atomic E-state index is 12.3. The van der Waals surface area contributed by atoms with Crippen LogP contribution in [0, 0.1) is 0 Å². The van der Waals surface area contributed by atoms with Gasteiger partial charge in [0.1, 0.15) is 5.60 Å². The fraction of sp³-hybridized carbons (Fsp3) is 0.571. The predicted molar refractivity (Wildman–Crippen MR) is 77.8 cm³/mol. The predicted octanol–water partition coefficient (Wildman–Crippen LogP) is 2.62. The van der Waals surface area contributed by atoms with Crippen molar-refractivity contribution in [2.45, 2.75) is 32.4 Å². The summed E-state index contributed by atoms with van der Waals surface area (Å²) in [5.74, 6) is 0. The van der Waals surface area contributed by atoms with Gasteiger partial charge < -0.3 is 10.1 Å². The Labute approximate surface area is 124 Å². The molecule has 110 valence electrons. The third kappa shape index (κ3) is 3.61. The van der Waals surface area contributed by atoms with Crippen LogP contribution in [0.2, 0.25) is 5.02 Å². The number of rotatable bonds is 1. The molecule has 1 saturated heterocycles. The molecule has 0 saturated carbocycles. The van der Waals surface area contributed by atoms with Crippen LogP contribution in [0.5, 0.6) is 0 Å². The molecule has 0 spiro atoms. The molecular weight excluding hydrogens is 278 g/mol. The van der Waals surface area contributed by atoms with Crippen molar-refractivity contribution in [3.63, 3.8) is 0 Å². The zero-order chi connectivity index (χ0) is 14.8. The number of aromatic nitrogens is 1. The number of amides is 1. The normalized spacial score (nSPS) is 19.8. The van der Waals surface area contributed by atoms with Gasteiger partial charge in [-0.25, -0.2) is 4.79 Å². The average Bonchev–Trinajstić information content (AvgIpc) is 2.37. The highest BCUT2D eigenvalue weighted by Gasteiger charge is 2.32. The van der Waals surface area contributed by atoms with Crippen LogP contribution in [0.3, 0.4) is 0 Å². The lowest BCUT2D eigenvalue weighted by atomic mass is 10.1. The van der Waals surface area contributed by atoms with Crippen LogP contribution in [0.25, 0.3) is 0 Å². The van der Waals surface area contributed by atoms with E-state index in [1.807, 2.05) is 20.8 Å². The van der Waals surface area contributed by atoms with Gasteiger partial charge in [-0.05, 0) is 26.8 Å². The molecule has 5 nitrogen and oxygen atoms in total. The van der Waals surface area contributed by atoms with Crippen molar-refractivity contribution in [3.05, 3.63) is 29.0 Å². The Kier molecular flexibility index (Phi) is 4.50. The second-order valence-corrected chi connectivity index (χ2v) is 6.20. The van der Waals surface area contributed by atoms with Gasteiger partial charge in [-0.15, -0.1) is 0 Å². The highest BCUT2D eigenvalue weighted by molar-refractivity contribution is 6.31. The number of nitrogens with zero attached hydrogens (tertiary/aromatic N) is 2. The van der Waals surface area contributed by atoms with Crippen molar-refractivity contribution >= 4 is 17.7 Å². The Morgan fingerprint density at radius 2 is 2.30 bits per heavy atom. The topological polar surface area (TPSA) is 54.5 Å². The number of piperazine rings is 1. The summed E-state index contributed by atoms with van der Waals surface area (Å²) in [6.45, 7) is 7.56. The number of pyridine rings is 1. The number of hydrogen-bond donors (Lipinski definition) is 1. The highest BCUT2D eigenvalue weighted by atomic mass is 35.5. The zero-order valence-electron chi connectivity index (χ0n) is 12.0. The lowest BCUT2D eigenvalue weighted by Crippen LogP contribution is -2.50. The molecule has 0 radical (unpaired) electrons. The highest BCUT2D eigenvalue weighted by Crippen LogP contribution is 2.28. The van der Waals surface area contributed by atoms with Crippen molar-refractivity contribution in [1.82, 2.24) is 15.2 Å². The summed E-state index contributed by atoms with van der Waals surface area (Å²) in [6.07, 6.45) is 3.03. The number of halogens is 1. The summed E-state index contributed by atoms with van der Waals surface area (Å²) in [7, 11) is 0. The SMILES string of the molecule is CC(C)(C)OC(=O)N1CCNCC1c1cnccc1Cl. The molecule has 1 aromatic heterocycles. The molecule has 20 heavy (non-hydrogen) atoms. The van der Waals surface area contributed by atoms with Gasteiger partial charge in [-0.3, -0.25) is 9.88 Å². The van der Waals surface area contributed by atoms with Gasteiger partial charge in [0, 0.05) is 42.6 Å². The molecule has 1 aliphatic heterocycles. The Morgan fingerprint density at radius 3 is 2.95 bits per heavy atom. The lowest BCUT2D eigenvalue weighted by molar-refractivity contribution is 0.0118. The molecule has 1 fully saturated rings. The Morgan fingerprint density at radius 1 is 1.55 bits per heavy atom. The Hall–Kier alpha value is -1.33. The lowest BCUT2D eigenvalue weighted by Gasteiger charge is -2.37. The van der Waals surface area contributed by atoms with E-state index in [9.17, 15) is 4.79 Å². The van der Waals surface area contributed by atoms with E-state index in [0.29, 0.717) is 18.1 Å². The van der Waals surface area contributed by atoms with E-state index in [1.165, 1.54) is 0 Å². The Bertz CT molecular complexity index is 488. The monoisotopic (exact) mass is 297 g/mol. The fourth-order valence-corrected chi connectivity index (χ4v) is 2.39. The molecule has 6 heteroatoms. The fourth-order valence-electron chi connectivity index (χ4n) is 2.16. The maximum Gasteiger partial charge on any atom is 0.410 e. The van der Waals surface area contributed by atoms with Crippen molar-refractivity contribution in [1.29, 1.82) is 0 Å². The van der Waals surface area contributed by atoms with Gasteiger partial charge in [0.15, 0.2) is 0 Å².